The van der Waals surface area contributed by atoms with Crippen LogP contribution >= 0.6 is 0 Å². The molecule has 1 aliphatic rings. The lowest BCUT2D eigenvalue weighted by Crippen LogP contribution is -2.49. The van der Waals surface area contributed by atoms with Gasteiger partial charge in [-0.3, -0.25) is 14.9 Å². The van der Waals surface area contributed by atoms with Gasteiger partial charge in [-0.25, -0.2) is 0 Å². The number of carbonyl (C=O) groups is 1. The standard InChI is InChI=1S/C29H25N3O4/c1-36-27-15-9-8-14-24(27)28-30(19-21-10-4-2-5-11-21)26-17-16-23(32(34)35)18-25(26)29(33)31(28)20-22-12-6-3-7-13-22/h2-18,28H,19-20H2,1H3/t28-/m0/s1. The molecule has 36 heavy (non-hydrogen) atoms. The van der Waals surface area contributed by atoms with Crippen LogP contribution in [0.25, 0.3) is 0 Å². The van der Waals surface area contributed by atoms with Gasteiger partial charge in [0.2, 0.25) is 0 Å². The van der Waals surface area contributed by atoms with E-state index in [1.807, 2.05) is 84.9 Å². The minimum atomic E-state index is -0.497. The number of amides is 1. The van der Waals surface area contributed by atoms with E-state index in [9.17, 15) is 14.9 Å². The quantitative estimate of drug-likeness (QED) is 0.241. The predicted molar refractivity (Wildman–Crippen MR) is 138 cm³/mol. The zero-order valence-electron chi connectivity index (χ0n) is 19.8. The van der Waals surface area contributed by atoms with Crippen LogP contribution < -0.4 is 9.64 Å². The summed E-state index contributed by atoms with van der Waals surface area (Å²) in [5.41, 5.74) is 3.69. The predicted octanol–water partition coefficient (Wildman–Crippen LogP) is 5.96. The molecule has 7 nitrogen and oxygen atoms in total. The lowest BCUT2D eigenvalue weighted by atomic mass is 9.98. The Balaban J connectivity index is 1.72. The molecule has 1 atom stereocenters. The number of para-hydroxylation sites is 1. The van der Waals surface area contributed by atoms with Crippen molar-refractivity contribution in [3.05, 3.63) is 135 Å². The highest BCUT2D eigenvalue weighted by Gasteiger charge is 2.40. The Morgan fingerprint density at radius 3 is 2.00 bits per heavy atom. The number of ether oxygens (including phenoxy) is 1. The molecule has 4 aromatic rings. The van der Waals surface area contributed by atoms with Gasteiger partial charge >= 0.3 is 0 Å². The molecule has 0 radical (unpaired) electrons. The van der Waals surface area contributed by atoms with Gasteiger partial charge in [0, 0.05) is 30.8 Å². The molecule has 0 bridgehead atoms. The molecule has 1 amide bonds. The van der Waals surface area contributed by atoms with Crippen molar-refractivity contribution >= 4 is 17.3 Å². The SMILES string of the molecule is COc1ccccc1[C@@H]1N(Cc2ccccc2)C(=O)c2cc([N+](=O)[O-])ccc2N1Cc1ccccc1. The molecule has 0 spiro atoms. The molecule has 180 valence electrons. The van der Waals surface area contributed by atoms with Crippen molar-refractivity contribution in [2.75, 3.05) is 12.0 Å². The summed E-state index contributed by atoms with van der Waals surface area (Å²) >= 11 is 0. The van der Waals surface area contributed by atoms with Crippen LogP contribution in [0.1, 0.15) is 33.2 Å². The zero-order valence-corrected chi connectivity index (χ0v) is 19.8. The van der Waals surface area contributed by atoms with Crippen LogP contribution in [-0.2, 0) is 13.1 Å². The van der Waals surface area contributed by atoms with Crippen LogP contribution in [0.3, 0.4) is 0 Å². The number of non-ortho nitro benzene ring substituents is 1. The van der Waals surface area contributed by atoms with E-state index in [0.717, 1.165) is 16.7 Å². The highest BCUT2D eigenvalue weighted by molar-refractivity contribution is 6.02. The molecule has 4 aromatic carbocycles. The molecule has 0 saturated heterocycles. The van der Waals surface area contributed by atoms with E-state index in [-0.39, 0.29) is 11.6 Å². The van der Waals surface area contributed by atoms with Gasteiger partial charge in [-0.05, 0) is 23.3 Å². The van der Waals surface area contributed by atoms with Crippen molar-refractivity contribution in [3.8, 4) is 5.75 Å². The molecule has 0 aliphatic carbocycles. The molecular weight excluding hydrogens is 454 g/mol. The first kappa shape index (κ1) is 23.1. The van der Waals surface area contributed by atoms with E-state index >= 15 is 0 Å². The Morgan fingerprint density at radius 2 is 1.39 bits per heavy atom. The minimum absolute atomic E-state index is 0.114. The third kappa shape index (κ3) is 4.38. The second kappa shape index (κ2) is 9.92. The summed E-state index contributed by atoms with van der Waals surface area (Å²) in [6, 6.07) is 31.9. The van der Waals surface area contributed by atoms with Gasteiger partial charge in [-0.2, -0.15) is 0 Å². The molecule has 0 unspecified atom stereocenters. The third-order valence-corrected chi connectivity index (χ3v) is 6.39. The summed E-state index contributed by atoms with van der Waals surface area (Å²) in [6.45, 7) is 0.822. The molecular formula is C29H25N3O4. The lowest BCUT2D eigenvalue weighted by molar-refractivity contribution is -0.384. The van der Waals surface area contributed by atoms with Gasteiger partial charge in [-0.15, -0.1) is 0 Å². The number of nitro groups is 1. The highest BCUT2D eigenvalue weighted by Crippen LogP contribution is 2.44. The molecule has 1 aliphatic heterocycles. The minimum Gasteiger partial charge on any atom is -0.496 e. The Hall–Kier alpha value is -4.65. The number of hydrogen-bond acceptors (Lipinski definition) is 5. The van der Waals surface area contributed by atoms with Gasteiger partial charge in [-0.1, -0.05) is 78.9 Å². The van der Waals surface area contributed by atoms with Gasteiger partial charge in [0.25, 0.3) is 11.6 Å². The average Bonchev–Trinajstić information content (AvgIpc) is 2.92. The molecule has 5 rings (SSSR count). The molecule has 0 aromatic heterocycles. The van der Waals surface area contributed by atoms with Crippen LogP contribution in [0.15, 0.2) is 103 Å². The Kier molecular flexibility index (Phi) is 6.36. The smallest absolute Gasteiger partial charge is 0.270 e. The molecule has 0 N–H and O–H groups in total. The second-order valence-electron chi connectivity index (χ2n) is 8.61. The average molecular weight is 480 g/mol. The summed E-state index contributed by atoms with van der Waals surface area (Å²) in [4.78, 5) is 29.0. The van der Waals surface area contributed by atoms with Gasteiger partial charge in [0.1, 0.15) is 11.9 Å². The Labute approximate surface area is 209 Å². The van der Waals surface area contributed by atoms with Crippen molar-refractivity contribution in [1.29, 1.82) is 0 Å². The number of fused-ring (bicyclic) bond motifs is 1. The number of anilines is 1. The molecule has 7 heteroatoms. The van der Waals surface area contributed by atoms with Crippen molar-refractivity contribution in [2.45, 2.75) is 19.3 Å². The first-order valence-corrected chi connectivity index (χ1v) is 11.6. The van der Waals surface area contributed by atoms with Crippen molar-refractivity contribution in [2.24, 2.45) is 0 Å². The molecule has 0 saturated carbocycles. The number of methoxy groups -OCH3 is 1. The number of nitro benzene ring substituents is 1. The zero-order chi connectivity index (χ0) is 25.1. The summed E-state index contributed by atoms with van der Waals surface area (Å²) < 4.78 is 5.72. The monoisotopic (exact) mass is 479 g/mol. The number of hydrogen-bond donors (Lipinski definition) is 0. The maximum absolute atomic E-state index is 14.0. The second-order valence-corrected chi connectivity index (χ2v) is 8.61. The molecule has 1 heterocycles. The van der Waals surface area contributed by atoms with Gasteiger partial charge < -0.3 is 14.5 Å². The van der Waals surface area contributed by atoms with Crippen molar-refractivity contribution in [1.82, 2.24) is 4.90 Å². The number of benzene rings is 4. The number of nitrogens with zero attached hydrogens (tertiary/aromatic N) is 3. The maximum Gasteiger partial charge on any atom is 0.270 e. The van der Waals surface area contributed by atoms with Crippen LogP contribution in [0.2, 0.25) is 0 Å². The summed E-state index contributed by atoms with van der Waals surface area (Å²) in [7, 11) is 1.61. The van der Waals surface area contributed by atoms with E-state index in [2.05, 4.69) is 4.90 Å². The van der Waals surface area contributed by atoms with Crippen LogP contribution in [-0.4, -0.2) is 22.8 Å². The fourth-order valence-electron chi connectivity index (χ4n) is 4.73. The van der Waals surface area contributed by atoms with Crippen LogP contribution in [0, 0.1) is 10.1 Å². The summed E-state index contributed by atoms with van der Waals surface area (Å²) in [5, 5.41) is 11.6. The number of carbonyl (C=O) groups excluding carboxylic acids is 1. The van der Waals surface area contributed by atoms with E-state index < -0.39 is 11.1 Å². The van der Waals surface area contributed by atoms with Crippen molar-refractivity contribution in [3.63, 3.8) is 0 Å². The molecule has 0 fully saturated rings. The van der Waals surface area contributed by atoms with E-state index in [0.29, 0.717) is 30.1 Å². The Morgan fingerprint density at radius 1 is 0.806 bits per heavy atom. The normalized spacial score (nSPS) is 14.9. The van der Waals surface area contributed by atoms with Gasteiger partial charge in [0.15, 0.2) is 0 Å². The Bertz CT molecular complexity index is 1390. The third-order valence-electron chi connectivity index (χ3n) is 6.39. The fourth-order valence-corrected chi connectivity index (χ4v) is 4.73. The van der Waals surface area contributed by atoms with E-state index in [1.54, 1.807) is 18.1 Å². The lowest BCUT2D eigenvalue weighted by Gasteiger charge is -2.46. The van der Waals surface area contributed by atoms with Crippen LogP contribution in [0.4, 0.5) is 11.4 Å². The highest BCUT2D eigenvalue weighted by atomic mass is 16.6. The maximum atomic E-state index is 14.0. The van der Waals surface area contributed by atoms with E-state index in [4.69, 9.17) is 4.74 Å². The summed E-state index contributed by atoms with van der Waals surface area (Å²) in [5.74, 6) is 0.398. The van der Waals surface area contributed by atoms with Gasteiger partial charge in [0.05, 0.1) is 23.3 Å². The topological polar surface area (TPSA) is 75.9 Å². The largest absolute Gasteiger partial charge is 0.496 e. The number of rotatable bonds is 7. The van der Waals surface area contributed by atoms with Crippen molar-refractivity contribution < 1.29 is 14.5 Å². The summed E-state index contributed by atoms with van der Waals surface area (Å²) in [6.07, 6.45) is -0.497. The fraction of sp³-hybridized carbons (Fsp3) is 0.138. The first-order valence-electron chi connectivity index (χ1n) is 11.6. The first-order chi connectivity index (χ1) is 17.6. The van der Waals surface area contributed by atoms with Crippen LogP contribution in [0.5, 0.6) is 5.75 Å². The van der Waals surface area contributed by atoms with E-state index in [1.165, 1.54) is 12.1 Å².